The van der Waals surface area contributed by atoms with Crippen LogP contribution in [0.1, 0.15) is 36.5 Å². The second kappa shape index (κ2) is 14.4. The quantitative estimate of drug-likeness (QED) is 0.181. The standard InChI is InChI=1S/C39H35N.C7H8/c1-27(2)36-25-22-33(26-38(36)39-28(3)14-15-32-10-8-9-13-37(32)39)31-18-16-29(17-19-31)30-20-23-35(24-21-30)40(4)34-11-6-5-7-12-34;1-7-5-3-2-4-6-7/h5-27H,1-4H3;2-6H,1H3. The van der Waals surface area contributed by atoms with Crippen LogP contribution in [0.3, 0.4) is 0 Å². The lowest BCUT2D eigenvalue weighted by molar-refractivity contribution is 0.869. The molecular formula is C46H43N. The first-order valence-electron chi connectivity index (χ1n) is 16.5. The molecule has 0 aromatic heterocycles. The van der Waals surface area contributed by atoms with E-state index >= 15 is 0 Å². The van der Waals surface area contributed by atoms with Gasteiger partial charge in [0.2, 0.25) is 0 Å². The van der Waals surface area contributed by atoms with Crippen LogP contribution in [-0.2, 0) is 0 Å². The van der Waals surface area contributed by atoms with E-state index in [0.717, 1.165) is 0 Å². The monoisotopic (exact) mass is 609 g/mol. The number of benzene rings is 7. The minimum atomic E-state index is 0.439. The van der Waals surface area contributed by atoms with Gasteiger partial charge in [-0.25, -0.2) is 0 Å². The van der Waals surface area contributed by atoms with E-state index < -0.39 is 0 Å². The molecule has 1 nitrogen and oxygen atoms in total. The summed E-state index contributed by atoms with van der Waals surface area (Å²) in [4.78, 5) is 2.21. The maximum Gasteiger partial charge on any atom is 0.0408 e. The molecule has 0 radical (unpaired) electrons. The number of fused-ring (bicyclic) bond motifs is 1. The van der Waals surface area contributed by atoms with Crippen molar-refractivity contribution in [2.75, 3.05) is 11.9 Å². The molecular weight excluding hydrogens is 567 g/mol. The van der Waals surface area contributed by atoms with Gasteiger partial charge in [0.1, 0.15) is 0 Å². The second-order valence-electron chi connectivity index (χ2n) is 12.6. The van der Waals surface area contributed by atoms with Crippen LogP contribution >= 0.6 is 0 Å². The Morgan fingerprint density at radius 1 is 0.468 bits per heavy atom. The zero-order valence-corrected chi connectivity index (χ0v) is 28.1. The lowest BCUT2D eigenvalue weighted by atomic mass is 9.85. The lowest BCUT2D eigenvalue weighted by Crippen LogP contribution is -2.08. The van der Waals surface area contributed by atoms with Gasteiger partial charge in [0, 0.05) is 18.4 Å². The molecule has 0 aliphatic rings. The summed E-state index contributed by atoms with van der Waals surface area (Å²) in [5.74, 6) is 0.439. The maximum absolute atomic E-state index is 2.40. The average molecular weight is 610 g/mol. The fourth-order valence-electron chi connectivity index (χ4n) is 6.26. The molecule has 0 amide bonds. The van der Waals surface area contributed by atoms with Gasteiger partial charge in [0.15, 0.2) is 0 Å². The molecule has 0 aliphatic heterocycles. The van der Waals surface area contributed by atoms with Crippen LogP contribution in [0.25, 0.3) is 44.2 Å². The van der Waals surface area contributed by atoms with Crippen LogP contribution in [0.15, 0.2) is 164 Å². The molecule has 0 fully saturated rings. The van der Waals surface area contributed by atoms with Crippen LogP contribution < -0.4 is 4.90 Å². The van der Waals surface area contributed by atoms with Gasteiger partial charge in [-0.05, 0) is 105 Å². The molecule has 0 spiro atoms. The molecule has 0 saturated heterocycles. The number of hydrogen-bond acceptors (Lipinski definition) is 1. The van der Waals surface area contributed by atoms with Gasteiger partial charge in [-0.1, -0.05) is 153 Å². The molecule has 0 aliphatic carbocycles. The summed E-state index contributed by atoms with van der Waals surface area (Å²) in [6, 6.07) is 58.8. The molecule has 0 N–H and O–H groups in total. The van der Waals surface area contributed by atoms with E-state index in [1.807, 2.05) is 24.3 Å². The molecule has 7 aromatic rings. The zero-order valence-electron chi connectivity index (χ0n) is 28.1. The van der Waals surface area contributed by atoms with Crippen LogP contribution in [0.4, 0.5) is 11.4 Å². The van der Waals surface area contributed by atoms with E-state index in [-0.39, 0.29) is 0 Å². The van der Waals surface area contributed by atoms with Crippen molar-refractivity contribution in [2.24, 2.45) is 0 Å². The molecule has 0 heterocycles. The summed E-state index contributed by atoms with van der Waals surface area (Å²) in [6.07, 6.45) is 0. The molecule has 232 valence electrons. The van der Waals surface area contributed by atoms with Gasteiger partial charge in [-0.3, -0.25) is 0 Å². The zero-order chi connectivity index (χ0) is 32.8. The van der Waals surface area contributed by atoms with Crippen molar-refractivity contribution in [3.63, 3.8) is 0 Å². The van der Waals surface area contributed by atoms with E-state index in [4.69, 9.17) is 0 Å². The first kappa shape index (κ1) is 31.6. The smallest absolute Gasteiger partial charge is 0.0408 e. The molecule has 0 saturated carbocycles. The molecule has 0 unspecified atom stereocenters. The number of para-hydroxylation sites is 1. The number of anilines is 2. The number of aryl methyl sites for hydroxylation is 2. The van der Waals surface area contributed by atoms with Gasteiger partial charge in [0.25, 0.3) is 0 Å². The third-order valence-corrected chi connectivity index (χ3v) is 8.97. The van der Waals surface area contributed by atoms with Gasteiger partial charge < -0.3 is 4.90 Å². The highest BCUT2D eigenvalue weighted by atomic mass is 15.1. The van der Waals surface area contributed by atoms with E-state index in [2.05, 4.69) is 179 Å². The van der Waals surface area contributed by atoms with E-state index in [1.165, 1.54) is 72.2 Å². The van der Waals surface area contributed by atoms with E-state index in [1.54, 1.807) is 0 Å². The largest absolute Gasteiger partial charge is 0.345 e. The maximum atomic E-state index is 2.40. The molecule has 47 heavy (non-hydrogen) atoms. The van der Waals surface area contributed by atoms with Crippen LogP contribution in [0, 0.1) is 13.8 Å². The summed E-state index contributed by atoms with van der Waals surface area (Å²) in [6.45, 7) is 8.89. The Bertz CT molecular complexity index is 2060. The number of rotatable bonds is 6. The normalized spacial score (nSPS) is 10.9. The highest BCUT2D eigenvalue weighted by molar-refractivity contribution is 5.99. The third kappa shape index (κ3) is 7.21. The van der Waals surface area contributed by atoms with Crippen LogP contribution in [0.5, 0.6) is 0 Å². The summed E-state index contributed by atoms with van der Waals surface area (Å²) >= 11 is 0. The van der Waals surface area contributed by atoms with Crippen molar-refractivity contribution < 1.29 is 0 Å². The molecule has 0 atom stereocenters. The predicted octanol–water partition coefficient (Wildman–Crippen LogP) is 13.0. The highest BCUT2D eigenvalue weighted by Gasteiger charge is 2.15. The minimum absolute atomic E-state index is 0.439. The van der Waals surface area contributed by atoms with Crippen molar-refractivity contribution in [2.45, 2.75) is 33.6 Å². The number of nitrogens with zero attached hydrogens (tertiary/aromatic N) is 1. The van der Waals surface area contributed by atoms with Crippen molar-refractivity contribution in [3.05, 3.63) is 180 Å². The topological polar surface area (TPSA) is 3.24 Å². The van der Waals surface area contributed by atoms with Crippen molar-refractivity contribution in [1.82, 2.24) is 0 Å². The highest BCUT2D eigenvalue weighted by Crippen LogP contribution is 2.39. The Morgan fingerprint density at radius 3 is 1.57 bits per heavy atom. The predicted molar refractivity (Wildman–Crippen MR) is 205 cm³/mol. The molecule has 7 aromatic carbocycles. The second-order valence-corrected chi connectivity index (χ2v) is 12.6. The molecule has 7 rings (SSSR count). The number of hydrogen-bond donors (Lipinski definition) is 0. The van der Waals surface area contributed by atoms with Crippen molar-refractivity contribution >= 4 is 22.1 Å². The van der Waals surface area contributed by atoms with Gasteiger partial charge >= 0.3 is 0 Å². The van der Waals surface area contributed by atoms with Gasteiger partial charge in [0.05, 0.1) is 0 Å². The Labute approximate surface area is 280 Å². The van der Waals surface area contributed by atoms with Crippen molar-refractivity contribution in [1.29, 1.82) is 0 Å². The van der Waals surface area contributed by atoms with Crippen LogP contribution in [0.2, 0.25) is 0 Å². The van der Waals surface area contributed by atoms with Crippen molar-refractivity contribution in [3.8, 4) is 33.4 Å². The Kier molecular flexibility index (Phi) is 9.64. The van der Waals surface area contributed by atoms with Crippen LogP contribution in [-0.4, -0.2) is 7.05 Å². The fraction of sp³-hybridized carbons (Fsp3) is 0.130. The summed E-state index contributed by atoms with van der Waals surface area (Å²) in [7, 11) is 2.11. The summed E-state index contributed by atoms with van der Waals surface area (Å²) < 4.78 is 0. The fourth-order valence-corrected chi connectivity index (χ4v) is 6.26. The summed E-state index contributed by atoms with van der Waals surface area (Å²) in [5.41, 5.74) is 14.0. The van der Waals surface area contributed by atoms with E-state index in [9.17, 15) is 0 Å². The lowest BCUT2D eigenvalue weighted by Gasteiger charge is -2.20. The first-order chi connectivity index (χ1) is 22.9. The minimum Gasteiger partial charge on any atom is -0.345 e. The average Bonchev–Trinajstić information content (AvgIpc) is 3.12. The van der Waals surface area contributed by atoms with Gasteiger partial charge in [-0.2, -0.15) is 0 Å². The SMILES string of the molecule is Cc1ccc2ccccc2c1-c1cc(-c2ccc(-c3ccc(N(C)c4ccccc4)cc3)cc2)ccc1C(C)C.Cc1ccccc1. The molecule has 0 bridgehead atoms. The Morgan fingerprint density at radius 2 is 0.979 bits per heavy atom. The summed E-state index contributed by atoms with van der Waals surface area (Å²) in [5, 5.41) is 2.60. The Hall–Kier alpha value is -5.40. The third-order valence-electron chi connectivity index (χ3n) is 8.97. The first-order valence-corrected chi connectivity index (χ1v) is 16.5. The molecule has 1 heteroatoms. The van der Waals surface area contributed by atoms with E-state index in [0.29, 0.717) is 5.92 Å². The van der Waals surface area contributed by atoms with Gasteiger partial charge in [-0.15, -0.1) is 0 Å². The Balaban J connectivity index is 0.000000491.